The molecule has 2 aromatic heterocycles. The van der Waals surface area contributed by atoms with Crippen molar-refractivity contribution < 1.29 is 9.53 Å². The zero-order valence-corrected chi connectivity index (χ0v) is 13.2. The minimum Gasteiger partial charge on any atom is -0.450 e. The Balaban J connectivity index is 1.80. The highest BCUT2D eigenvalue weighted by Crippen LogP contribution is 2.19. The summed E-state index contributed by atoms with van der Waals surface area (Å²) >= 11 is 0. The molecule has 0 N–H and O–H groups in total. The second-order valence-corrected chi connectivity index (χ2v) is 5.48. The van der Waals surface area contributed by atoms with Crippen LogP contribution in [0.5, 0.6) is 0 Å². The summed E-state index contributed by atoms with van der Waals surface area (Å²) in [7, 11) is 0. The first-order valence-electron chi connectivity index (χ1n) is 7.59. The maximum Gasteiger partial charge on any atom is 0.409 e. The van der Waals surface area contributed by atoms with Gasteiger partial charge in [0.2, 0.25) is 0 Å². The fourth-order valence-corrected chi connectivity index (χ4v) is 2.75. The molecule has 7 nitrogen and oxygen atoms in total. The summed E-state index contributed by atoms with van der Waals surface area (Å²) in [6, 6.07) is 4.02. The number of hydrogen-bond donors (Lipinski definition) is 0. The number of hydrogen-bond acceptors (Lipinski definition) is 5. The predicted octanol–water partition coefficient (Wildman–Crippen LogP) is 1.62. The van der Waals surface area contributed by atoms with Crippen molar-refractivity contribution in [2.45, 2.75) is 20.8 Å². The molecule has 0 bridgehead atoms. The monoisotopic (exact) mass is 303 g/mol. The number of carbonyl (C=O) groups is 1. The van der Waals surface area contributed by atoms with Gasteiger partial charge in [0.15, 0.2) is 5.65 Å². The van der Waals surface area contributed by atoms with Crippen molar-refractivity contribution in [3.63, 3.8) is 0 Å². The van der Waals surface area contributed by atoms with E-state index >= 15 is 0 Å². The van der Waals surface area contributed by atoms with Gasteiger partial charge in [0.05, 0.1) is 12.3 Å². The molecule has 22 heavy (non-hydrogen) atoms. The van der Waals surface area contributed by atoms with Crippen molar-refractivity contribution in [3.8, 4) is 0 Å². The molecule has 0 aliphatic carbocycles. The largest absolute Gasteiger partial charge is 0.450 e. The summed E-state index contributed by atoms with van der Waals surface area (Å²) in [6.45, 7) is 9.02. The molecule has 1 amide bonds. The molecule has 0 unspecified atom stereocenters. The maximum atomic E-state index is 11.8. The number of piperazine rings is 1. The lowest BCUT2D eigenvalue weighted by Gasteiger charge is -2.35. The molecule has 1 fully saturated rings. The van der Waals surface area contributed by atoms with Crippen molar-refractivity contribution in [2.24, 2.45) is 0 Å². The van der Waals surface area contributed by atoms with Gasteiger partial charge in [-0.05, 0) is 20.8 Å². The van der Waals surface area contributed by atoms with Crippen LogP contribution in [0.25, 0.3) is 5.65 Å². The van der Waals surface area contributed by atoms with E-state index in [1.54, 1.807) is 4.90 Å². The summed E-state index contributed by atoms with van der Waals surface area (Å²) in [5, 5.41) is 4.52. The van der Waals surface area contributed by atoms with E-state index < -0.39 is 0 Å². The van der Waals surface area contributed by atoms with Crippen molar-refractivity contribution in [1.82, 2.24) is 19.5 Å². The smallest absolute Gasteiger partial charge is 0.409 e. The summed E-state index contributed by atoms with van der Waals surface area (Å²) in [5.74, 6) is 1.03. The summed E-state index contributed by atoms with van der Waals surface area (Å²) in [4.78, 5) is 20.3. The van der Waals surface area contributed by atoms with E-state index in [0.717, 1.165) is 35.9 Å². The van der Waals surface area contributed by atoms with Gasteiger partial charge in [0.25, 0.3) is 0 Å². The summed E-state index contributed by atoms with van der Waals surface area (Å²) < 4.78 is 6.93. The van der Waals surface area contributed by atoms with Crippen molar-refractivity contribution in [2.75, 3.05) is 37.7 Å². The first-order chi connectivity index (χ1) is 10.6. The van der Waals surface area contributed by atoms with Gasteiger partial charge in [-0.15, -0.1) is 0 Å². The Kier molecular flexibility index (Phi) is 3.87. The average molecular weight is 303 g/mol. The molecule has 118 valence electrons. The van der Waals surface area contributed by atoms with Crippen LogP contribution in [0.4, 0.5) is 10.6 Å². The van der Waals surface area contributed by atoms with Crippen LogP contribution in [0.2, 0.25) is 0 Å². The molecular formula is C15H21N5O2. The number of fused-ring (bicyclic) bond motifs is 1. The molecule has 1 saturated heterocycles. The second-order valence-electron chi connectivity index (χ2n) is 5.48. The van der Waals surface area contributed by atoms with E-state index in [9.17, 15) is 4.79 Å². The van der Waals surface area contributed by atoms with Gasteiger partial charge >= 0.3 is 6.09 Å². The Hall–Kier alpha value is -2.31. The molecule has 3 heterocycles. The van der Waals surface area contributed by atoms with Gasteiger partial charge in [-0.2, -0.15) is 9.61 Å². The zero-order chi connectivity index (χ0) is 15.7. The summed E-state index contributed by atoms with van der Waals surface area (Å²) in [5.41, 5.74) is 2.78. The number of carbonyl (C=O) groups excluding carboxylic acids is 1. The highest BCUT2D eigenvalue weighted by molar-refractivity contribution is 5.68. The third kappa shape index (κ3) is 2.70. The lowest BCUT2D eigenvalue weighted by atomic mass is 10.3. The lowest BCUT2D eigenvalue weighted by molar-refractivity contribution is 0.105. The first-order valence-corrected chi connectivity index (χ1v) is 7.59. The van der Waals surface area contributed by atoms with Gasteiger partial charge in [-0.3, -0.25) is 0 Å². The van der Waals surface area contributed by atoms with Gasteiger partial charge in [-0.1, -0.05) is 0 Å². The maximum absolute atomic E-state index is 11.8. The molecule has 1 aliphatic heterocycles. The first kappa shape index (κ1) is 14.6. The molecule has 0 radical (unpaired) electrons. The Morgan fingerprint density at radius 2 is 1.91 bits per heavy atom. The molecule has 2 aromatic rings. The fourth-order valence-electron chi connectivity index (χ4n) is 2.75. The number of amides is 1. The zero-order valence-electron chi connectivity index (χ0n) is 13.2. The standard InChI is InChI=1S/C15H21N5O2/c1-4-22-15(21)19-7-5-18(6-8-19)14-10-11(2)16-13-9-12(3)17-20(13)14/h9-10H,4-8H2,1-3H3. The van der Waals surface area contributed by atoms with Crippen LogP contribution in [-0.2, 0) is 4.74 Å². The molecule has 0 saturated carbocycles. The van der Waals surface area contributed by atoms with E-state index in [1.165, 1.54) is 0 Å². The minimum absolute atomic E-state index is 0.229. The molecule has 3 rings (SSSR count). The molecule has 7 heteroatoms. The van der Waals surface area contributed by atoms with Crippen LogP contribution in [0.1, 0.15) is 18.3 Å². The van der Waals surface area contributed by atoms with Gasteiger partial charge in [0, 0.05) is 44.0 Å². The van der Waals surface area contributed by atoms with Crippen LogP contribution in [0.3, 0.4) is 0 Å². The number of rotatable bonds is 2. The normalized spacial score (nSPS) is 15.4. The van der Waals surface area contributed by atoms with Crippen LogP contribution >= 0.6 is 0 Å². The lowest BCUT2D eigenvalue weighted by Crippen LogP contribution is -2.49. The highest BCUT2D eigenvalue weighted by atomic mass is 16.6. The quantitative estimate of drug-likeness (QED) is 0.843. The average Bonchev–Trinajstić information content (AvgIpc) is 2.87. The van der Waals surface area contributed by atoms with E-state index in [1.807, 2.05) is 37.4 Å². The van der Waals surface area contributed by atoms with Gasteiger partial charge < -0.3 is 14.5 Å². The van der Waals surface area contributed by atoms with Crippen LogP contribution in [0.15, 0.2) is 12.1 Å². The van der Waals surface area contributed by atoms with Gasteiger partial charge in [-0.25, -0.2) is 9.78 Å². The van der Waals surface area contributed by atoms with E-state index in [0.29, 0.717) is 19.7 Å². The van der Waals surface area contributed by atoms with Crippen molar-refractivity contribution >= 4 is 17.6 Å². The van der Waals surface area contributed by atoms with Crippen LogP contribution in [-0.4, -0.2) is 58.4 Å². The predicted molar refractivity (Wildman–Crippen MR) is 83.3 cm³/mol. The van der Waals surface area contributed by atoms with Gasteiger partial charge in [0.1, 0.15) is 5.82 Å². The molecule has 0 spiro atoms. The molecular weight excluding hydrogens is 282 g/mol. The Morgan fingerprint density at radius 1 is 1.18 bits per heavy atom. The molecule has 0 aromatic carbocycles. The second kappa shape index (κ2) is 5.82. The van der Waals surface area contributed by atoms with Crippen molar-refractivity contribution in [1.29, 1.82) is 0 Å². The van der Waals surface area contributed by atoms with E-state index in [4.69, 9.17) is 4.74 Å². The fraction of sp³-hybridized carbons (Fsp3) is 0.533. The highest BCUT2D eigenvalue weighted by Gasteiger charge is 2.23. The molecule has 1 aliphatic rings. The Morgan fingerprint density at radius 3 is 2.59 bits per heavy atom. The minimum atomic E-state index is -0.229. The summed E-state index contributed by atoms with van der Waals surface area (Å²) in [6.07, 6.45) is -0.229. The van der Waals surface area contributed by atoms with E-state index in [-0.39, 0.29) is 6.09 Å². The third-order valence-corrected chi connectivity index (χ3v) is 3.79. The number of aromatic nitrogens is 3. The number of ether oxygens (including phenoxy) is 1. The number of aryl methyl sites for hydroxylation is 2. The molecule has 0 atom stereocenters. The topological polar surface area (TPSA) is 63.0 Å². The van der Waals surface area contributed by atoms with Crippen LogP contribution in [0, 0.1) is 13.8 Å². The Labute approximate surface area is 129 Å². The van der Waals surface area contributed by atoms with Crippen LogP contribution < -0.4 is 4.90 Å². The SMILES string of the molecule is CCOC(=O)N1CCN(c2cc(C)nc3cc(C)nn23)CC1. The number of nitrogens with zero attached hydrogens (tertiary/aromatic N) is 5. The van der Waals surface area contributed by atoms with E-state index in [2.05, 4.69) is 15.0 Å². The Bertz CT molecular complexity index is 689. The van der Waals surface area contributed by atoms with Crippen molar-refractivity contribution in [3.05, 3.63) is 23.5 Å². The third-order valence-electron chi connectivity index (χ3n) is 3.79. The number of anilines is 1.